The highest BCUT2D eigenvalue weighted by atomic mass is 32.1. The van der Waals surface area contributed by atoms with E-state index in [1.54, 1.807) is 6.07 Å². The lowest BCUT2D eigenvalue weighted by atomic mass is 10.1. The number of benzene rings is 1. The van der Waals surface area contributed by atoms with Crippen molar-refractivity contribution in [3.8, 4) is 11.8 Å². The summed E-state index contributed by atoms with van der Waals surface area (Å²) in [4.78, 5) is 0. The molecule has 0 saturated heterocycles. The second-order valence-corrected chi connectivity index (χ2v) is 3.18. The van der Waals surface area contributed by atoms with Gasteiger partial charge in [-0.05, 0) is 17.7 Å². The van der Waals surface area contributed by atoms with Crippen molar-refractivity contribution in [2.24, 2.45) is 0 Å². The van der Waals surface area contributed by atoms with E-state index in [4.69, 9.17) is 5.11 Å². The van der Waals surface area contributed by atoms with Crippen LogP contribution in [0.2, 0.25) is 0 Å². The van der Waals surface area contributed by atoms with Crippen LogP contribution in [0.25, 0.3) is 0 Å². The third-order valence-corrected chi connectivity index (χ3v) is 1.93. The highest BCUT2D eigenvalue weighted by molar-refractivity contribution is 7.80. The Labute approximate surface area is 88.4 Å². The van der Waals surface area contributed by atoms with Crippen LogP contribution in [0.5, 0.6) is 0 Å². The Kier molecular flexibility index (Phi) is 4.51. The van der Waals surface area contributed by atoms with Crippen molar-refractivity contribution < 1.29 is 9.50 Å². The molecule has 14 heavy (non-hydrogen) atoms. The molecule has 0 aliphatic rings. The zero-order valence-electron chi connectivity index (χ0n) is 7.63. The molecule has 0 unspecified atom stereocenters. The van der Waals surface area contributed by atoms with Crippen LogP contribution in [0.3, 0.4) is 0 Å². The SMILES string of the molecule is OCc1ccc(F)cc1C#CCCS. The maximum atomic E-state index is 12.8. The van der Waals surface area contributed by atoms with Gasteiger partial charge in [-0.1, -0.05) is 17.9 Å². The monoisotopic (exact) mass is 210 g/mol. The molecule has 0 aliphatic heterocycles. The van der Waals surface area contributed by atoms with Crippen molar-refractivity contribution in [2.75, 3.05) is 5.75 Å². The van der Waals surface area contributed by atoms with Gasteiger partial charge in [-0.25, -0.2) is 4.39 Å². The summed E-state index contributed by atoms with van der Waals surface area (Å²) in [6.45, 7) is -0.120. The van der Waals surface area contributed by atoms with E-state index in [1.165, 1.54) is 12.1 Å². The number of aliphatic hydroxyl groups excluding tert-OH is 1. The first-order chi connectivity index (χ1) is 6.77. The summed E-state index contributed by atoms with van der Waals surface area (Å²) in [6, 6.07) is 4.19. The fraction of sp³-hybridized carbons (Fsp3) is 0.273. The molecular weight excluding hydrogens is 199 g/mol. The number of aliphatic hydroxyl groups is 1. The largest absolute Gasteiger partial charge is 0.392 e. The van der Waals surface area contributed by atoms with Gasteiger partial charge >= 0.3 is 0 Å². The van der Waals surface area contributed by atoms with Gasteiger partial charge in [0.2, 0.25) is 0 Å². The summed E-state index contributed by atoms with van der Waals surface area (Å²) in [5.41, 5.74) is 1.20. The van der Waals surface area contributed by atoms with E-state index in [-0.39, 0.29) is 12.4 Å². The van der Waals surface area contributed by atoms with Gasteiger partial charge in [-0.15, -0.1) is 0 Å². The average Bonchev–Trinajstić information content (AvgIpc) is 2.19. The molecule has 0 aliphatic carbocycles. The molecule has 1 aromatic carbocycles. The molecule has 1 nitrogen and oxygen atoms in total. The van der Waals surface area contributed by atoms with Gasteiger partial charge in [0, 0.05) is 17.7 Å². The maximum Gasteiger partial charge on any atom is 0.124 e. The van der Waals surface area contributed by atoms with Crippen molar-refractivity contribution in [3.63, 3.8) is 0 Å². The lowest BCUT2D eigenvalue weighted by Gasteiger charge is -1.99. The van der Waals surface area contributed by atoms with Crippen molar-refractivity contribution in [3.05, 3.63) is 35.1 Å². The summed E-state index contributed by atoms with van der Waals surface area (Å²) >= 11 is 4.01. The van der Waals surface area contributed by atoms with Crippen molar-refractivity contribution >= 4 is 12.6 Å². The molecule has 0 saturated carbocycles. The number of halogens is 1. The molecule has 0 spiro atoms. The molecule has 0 aromatic heterocycles. The van der Waals surface area contributed by atoms with E-state index >= 15 is 0 Å². The minimum Gasteiger partial charge on any atom is -0.392 e. The fourth-order valence-corrected chi connectivity index (χ4v) is 1.13. The summed E-state index contributed by atoms with van der Waals surface area (Å²) < 4.78 is 12.8. The molecule has 0 radical (unpaired) electrons. The highest BCUT2D eigenvalue weighted by Gasteiger charge is 1.99. The standard InChI is InChI=1S/C11H11FOS/c12-11-5-4-10(8-13)9(7-11)3-1-2-6-14/h4-5,7,13-14H,2,6,8H2. The molecule has 74 valence electrons. The van der Waals surface area contributed by atoms with E-state index in [0.29, 0.717) is 23.3 Å². The lowest BCUT2D eigenvalue weighted by Crippen LogP contribution is -1.90. The topological polar surface area (TPSA) is 20.2 Å². The van der Waals surface area contributed by atoms with Crippen LogP contribution in [0.1, 0.15) is 17.5 Å². The van der Waals surface area contributed by atoms with Crippen LogP contribution < -0.4 is 0 Å². The minimum atomic E-state index is -0.336. The Morgan fingerprint density at radius 3 is 2.86 bits per heavy atom. The molecule has 0 amide bonds. The van der Waals surface area contributed by atoms with Gasteiger partial charge in [0.1, 0.15) is 5.82 Å². The Bertz CT molecular complexity index is 365. The summed E-state index contributed by atoms with van der Waals surface area (Å²) in [6.07, 6.45) is 0.657. The summed E-state index contributed by atoms with van der Waals surface area (Å²) in [7, 11) is 0. The van der Waals surface area contributed by atoms with Crippen molar-refractivity contribution in [1.29, 1.82) is 0 Å². The summed E-state index contributed by atoms with van der Waals surface area (Å²) in [5, 5.41) is 8.96. The van der Waals surface area contributed by atoms with Gasteiger partial charge in [0.25, 0.3) is 0 Å². The van der Waals surface area contributed by atoms with Gasteiger partial charge in [-0.2, -0.15) is 12.6 Å². The molecule has 3 heteroatoms. The Hall–Kier alpha value is -0.980. The fourth-order valence-electron chi connectivity index (χ4n) is 1.02. The van der Waals surface area contributed by atoms with Crippen molar-refractivity contribution in [2.45, 2.75) is 13.0 Å². The van der Waals surface area contributed by atoms with E-state index < -0.39 is 0 Å². The number of thiol groups is 1. The molecule has 0 atom stereocenters. The molecule has 1 aromatic rings. The zero-order valence-corrected chi connectivity index (χ0v) is 8.52. The smallest absolute Gasteiger partial charge is 0.124 e. The van der Waals surface area contributed by atoms with Crippen LogP contribution >= 0.6 is 12.6 Å². The van der Waals surface area contributed by atoms with Gasteiger partial charge in [0.15, 0.2) is 0 Å². The molecular formula is C11H11FOS. The quantitative estimate of drug-likeness (QED) is 0.565. The van der Waals surface area contributed by atoms with E-state index in [1.807, 2.05) is 0 Å². The third kappa shape index (κ3) is 3.06. The summed E-state index contributed by atoms with van der Waals surface area (Å²) in [5.74, 6) is 6.00. The molecule has 0 heterocycles. The van der Waals surface area contributed by atoms with Crippen LogP contribution in [0, 0.1) is 17.7 Å². The average molecular weight is 210 g/mol. The van der Waals surface area contributed by atoms with Gasteiger partial charge < -0.3 is 5.11 Å². The van der Waals surface area contributed by atoms with Crippen LogP contribution in [-0.2, 0) is 6.61 Å². The minimum absolute atomic E-state index is 0.120. The molecule has 1 N–H and O–H groups in total. The zero-order chi connectivity index (χ0) is 10.4. The number of rotatable bonds is 2. The first-order valence-corrected chi connectivity index (χ1v) is 4.90. The first kappa shape index (κ1) is 11.1. The molecule has 1 rings (SSSR count). The highest BCUT2D eigenvalue weighted by Crippen LogP contribution is 2.10. The first-order valence-electron chi connectivity index (χ1n) is 4.27. The predicted octanol–water partition coefficient (Wildman–Crippen LogP) is 1.99. The predicted molar refractivity (Wildman–Crippen MR) is 57.7 cm³/mol. The van der Waals surface area contributed by atoms with Crippen LogP contribution in [-0.4, -0.2) is 10.9 Å². The van der Waals surface area contributed by atoms with E-state index in [2.05, 4.69) is 24.5 Å². The van der Waals surface area contributed by atoms with E-state index in [9.17, 15) is 4.39 Å². The second-order valence-electron chi connectivity index (χ2n) is 2.73. The number of hydrogen-bond acceptors (Lipinski definition) is 2. The van der Waals surface area contributed by atoms with Crippen LogP contribution in [0.15, 0.2) is 18.2 Å². The Balaban J connectivity index is 2.94. The Morgan fingerprint density at radius 1 is 1.43 bits per heavy atom. The molecule has 0 fully saturated rings. The van der Waals surface area contributed by atoms with E-state index in [0.717, 1.165) is 0 Å². The lowest BCUT2D eigenvalue weighted by molar-refractivity contribution is 0.281. The van der Waals surface area contributed by atoms with Crippen LogP contribution in [0.4, 0.5) is 4.39 Å². The normalized spacial score (nSPS) is 9.36. The Morgan fingerprint density at radius 2 is 2.21 bits per heavy atom. The second kappa shape index (κ2) is 5.69. The van der Waals surface area contributed by atoms with Gasteiger partial charge in [-0.3, -0.25) is 0 Å². The van der Waals surface area contributed by atoms with Gasteiger partial charge in [0.05, 0.1) is 6.61 Å². The van der Waals surface area contributed by atoms with Crippen molar-refractivity contribution in [1.82, 2.24) is 0 Å². The maximum absolute atomic E-state index is 12.8. The molecule has 0 bridgehead atoms. The number of hydrogen-bond donors (Lipinski definition) is 2. The third-order valence-electron chi connectivity index (χ3n) is 1.70.